The minimum absolute atomic E-state index is 0.227. The van der Waals surface area contributed by atoms with Crippen molar-refractivity contribution in [3.05, 3.63) is 70.1 Å². The van der Waals surface area contributed by atoms with Crippen molar-refractivity contribution in [2.24, 2.45) is 5.11 Å². The molecular formula is C13H8F2N4O. The van der Waals surface area contributed by atoms with E-state index in [1.54, 1.807) is 0 Å². The predicted molar refractivity (Wildman–Crippen MR) is 69.6 cm³/mol. The third-order valence-electron chi connectivity index (χ3n) is 2.49. The van der Waals surface area contributed by atoms with Gasteiger partial charge in [-0.2, -0.15) is 0 Å². The standard InChI is InChI=1S/C13H8F2N4O/c14-10-2-1-3-11(12(10)15)17-13(20)8-4-6-9(7-5-8)18-19-16/h1-7H,(H,17,20). The first-order valence-electron chi connectivity index (χ1n) is 5.52. The second kappa shape index (κ2) is 5.81. The van der Waals surface area contributed by atoms with Crippen LogP contribution in [0.2, 0.25) is 0 Å². The van der Waals surface area contributed by atoms with Gasteiger partial charge in [0.25, 0.3) is 5.91 Å². The first-order valence-corrected chi connectivity index (χ1v) is 5.52. The lowest BCUT2D eigenvalue weighted by atomic mass is 10.2. The molecule has 0 aliphatic carbocycles. The number of carbonyl (C=O) groups is 1. The van der Waals surface area contributed by atoms with E-state index in [2.05, 4.69) is 15.3 Å². The monoisotopic (exact) mass is 274 g/mol. The molecule has 2 rings (SSSR count). The Balaban J connectivity index is 2.19. The minimum Gasteiger partial charge on any atom is -0.319 e. The number of nitrogens with zero attached hydrogens (tertiary/aromatic N) is 3. The number of anilines is 1. The molecule has 0 bridgehead atoms. The van der Waals surface area contributed by atoms with Crippen LogP contribution in [0.4, 0.5) is 20.2 Å². The van der Waals surface area contributed by atoms with Crippen LogP contribution in [-0.4, -0.2) is 5.91 Å². The molecule has 0 fully saturated rings. The van der Waals surface area contributed by atoms with E-state index in [4.69, 9.17) is 5.53 Å². The first kappa shape index (κ1) is 13.5. The lowest BCUT2D eigenvalue weighted by Crippen LogP contribution is -2.13. The molecule has 0 aliphatic rings. The smallest absolute Gasteiger partial charge is 0.255 e. The first-order chi connectivity index (χ1) is 9.61. The number of carbonyl (C=O) groups excluding carboxylic acids is 1. The molecule has 0 atom stereocenters. The van der Waals surface area contributed by atoms with Crippen LogP contribution in [0.1, 0.15) is 10.4 Å². The SMILES string of the molecule is [N-]=[N+]=Nc1ccc(C(=O)Nc2cccc(F)c2F)cc1. The van der Waals surface area contributed by atoms with Crippen molar-refractivity contribution in [1.29, 1.82) is 0 Å². The van der Waals surface area contributed by atoms with Gasteiger partial charge in [0.05, 0.1) is 5.69 Å². The molecule has 20 heavy (non-hydrogen) atoms. The molecule has 1 amide bonds. The van der Waals surface area contributed by atoms with Crippen LogP contribution in [0, 0.1) is 11.6 Å². The summed E-state index contributed by atoms with van der Waals surface area (Å²) in [5, 5.41) is 5.62. The molecule has 2 aromatic carbocycles. The van der Waals surface area contributed by atoms with Gasteiger partial charge >= 0.3 is 0 Å². The van der Waals surface area contributed by atoms with Gasteiger partial charge in [-0.05, 0) is 29.8 Å². The molecule has 0 unspecified atom stereocenters. The summed E-state index contributed by atoms with van der Waals surface area (Å²) in [6, 6.07) is 9.21. The maximum atomic E-state index is 13.4. The summed E-state index contributed by atoms with van der Waals surface area (Å²) in [4.78, 5) is 14.4. The van der Waals surface area contributed by atoms with Crippen LogP contribution in [0.15, 0.2) is 47.6 Å². The van der Waals surface area contributed by atoms with Gasteiger partial charge in [-0.1, -0.05) is 23.3 Å². The Labute approximate surface area is 112 Å². The van der Waals surface area contributed by atoms with Crippen LogP contribution < -0.4 is 5.32 Å². The predicted octanol–water partition coefficient (Wildman–Crippen LogP) is 4.16. The molecule has 0 saturated carbocycles. The summed E-state index contributed by atoms with van der Waals surface area (Å²) in [6.07, 6.45) is 0. The fourth-order valence-electron chi connectivity index (χ4n) is 1.53. The van der Waals surface area contributed by atoms with E-state index in [0.717, 1.165) is 6.07 Å². The Bertz CT molecular complexity index is 694. The normalized spacial score (nSPS) is 9.70. The number of amides is 1. The number of nitrogens with one attached hydrogen (secondary N) is 1. The topological polar surface area (TPSA) is 77.9 Å². The largest absolute Gasteiger partial charge is 0.319 e. The molecule has 0 spiro atoms. The van der Waals surface area contributed by atoms with Crippen LogP contribution in [0.3, 0.4) is 0 Å². The Morgan fingerprint density at radius 2 is 1.85 bits per heavy atom. The third-order valence-corrected chi connectivity index (χ3v) is 2.49. The van der Waals surface area contributed by atoms with Gasteiger partial charge in [0.1, 0.15) is 0 Å². The molecule has 0 aliphatic heterocycles. The Kier molecular flexibility index (Phi) is 3.93. The van der Waals surface area contributed by atoms with Gasteiger partial charge in [0, 0.05) is 16.2 Å². The van der Waals surface area contributed by atoms with E-state index >= 15 is 0 Å². The highest BCUT2D eigenvalue weighted by Crippen LogP contribution is 2.18. The van der Waals surface area contributed by atoms with E-state index in [0.29, 0.717) is 5.69 Å². The van der Waals surface area contributed by atoms with Gasteiger partial charge in [-0.15, -0.1) is 0 Å². The van der Waals surface area contributed by atoms with Gasteiger partial charge in [0.2, 0.25) is 0 Å². The van der Waals surface area contributed by atoms with Crippen molar-refractivity contribution >= 4 is 17.3 Å². The Morgan fingerprint density at radius 3 is 2.50 bits per heavy atom. The van der Waals surface area contributed by atoms with Gasteiger partial charge in [0.15, 0.2) is 11.6 Å². The van der Waals surface area contributed by atoms with E-state index < -0.39 is 17.5 Å². The molecule has 0 aromatic heterocycles. The highest BCUT2D eigenvalue weighted by molar-refractivity contribution is 6.04. The summed E-state index contributed by atoms with van der Waals surface area (Å²) >= 11 is 0. The molecule has 100 valence electrons. The van der Waals surface area contributed by atoms with Crippen LogP contribution in [0.25, 0.3) is 10.4 Å². The van der Waals surface area contributed by atoms with Crippen molar-refractivity contribution in [2.45, 2.75) is 0 Å². The molecular weight excluding hydrogens is 266 g/mol. The molecule has 0 radical (unpaired) electrons. The molecule has 0 saturated heterocycles. The summed E-state index contributed by atoms with van der Waals surface area (Å²) < 4.78 is 26.4. The second-order valence-corrected chi connectivity index (χ2v) is 3.79. The number of azide groups is 1. The fourth-order valence-corrected chi connectivity index (χ4v) is 1.53. The molecule has 7 heteroatoms. The second-order valence-electron chi connectivity index (χ2n) is 3.79. The van der Waals surface area contributed by atoms with Crippen LogP contribution >= 0.6 is 0 Å². The highest BCUT2D eigenvalue weighted by atomic mass is 19.2. The molecule has 0 heterocycles. The van der Waals surface area contributed by atoms with Gasteiger partial charge in [-0.25, -0.2) is 8.78 Å². The zero-order chi connectivity index (χ0) is 14.5. The summed E-state index contributed by atoms with van der Waals surface area (Å²) in [5.41, 5.74) is 8.59. The fraction of sp³-hybridized carbons (Fsp3) is 0. The van der Waals surface area contributed by atoms with Gasteiger partial charge in [-0.3, -0.25) is 4.79 Å². The van der Waals surface area contributed by atoms with Crippen molar-refractivity contribution in [3.63, 3.8) is 0 Å². The number of halogens is 2. The zero-order valence-corrected chi connectivity index (χ0v) is 10.0. The molecule has 1 N–H and O–H groups in total. The van der Waals surface area contributed by atoms with E-state index in [1.165, 1.54) is 36.4 Å². The summed E-state index contributed by atoms with van der Waals surface area (Å²) in [5.74, 6) is -2.75. The number of benzene rings is 2. The van der Waals surface area contributed by atoms with E-state index in [9.17, 15) is 13.6 Å². The number of hydrogen-bond acceptors (Lipinski definition) is 2. The quantitative estimate of drug-likeness (QED) is 0.509. The Morgan fingerprint density at radius 1 is 1.15 bits per heavy atom. The van der Waals surface area contributed by atoms with Crippen molar-refractivity contribution in [2.75, 3.05) is 5.32 Å². The number of rotatable bonds is 3. The summed E-state index contributed by atoms with van der Waals surface area (Å²) in [6.45, 7) is 0. The summed E-state index contributed by atoms with van der Waals surface area (Å²) in [7, 11) is 0. The number of hydrogen-bond donors (Lipinski definition) is 1. The average Bonchev–Trinajstić information content (AvgIpc) is 2.45. The van der Waals surface area contributed by atoms with Crippen molar-refractivity contribution < 1.29 is 13.6 Å². The van der Waals surface area contributed by atoms with E-state index in [-0.39, 0.29) is 11.3 Å². The zero-order valence-electron chi connectivity index (χ0n) is 10.0. The van der Waals surface area contributed by atoms with Crippen molar-refractivity contribution in [1.82, 2.24) is 0 Å². The molecule has 2 aromatic rings. The van der Waals surface area contributed by atoms with Gasteiger partial charge < -0.3 is 5.32 Å². The Hall–Kier alpha value is -2.92. The lowest BCUT2D eigenvalue weighted by Gasteiger charge is -2.06. The van der Waals surface area contributed by atoms with Crippen molar-refractivity contribution in [3.8, 4) is 0 Å². The minimum atomic E-state index is -1.12. The third kappa shape index (κ3) is 2.90. The molecule has 5 nitrogen and oxygen atoms in total. The average molecular weight is 274 g/mol. The highest BCUT2D eigenvalue weighted by Gasteiger charge is 2.11. The van der Waals surface area contributed by atoms with E-state index in [1.807, 2.05) is 0 Å². The maximum Gasteiger partial charge on any atom is 0.255 e. The van der Waals surface area contributed by atoms with Crippen LogP contribution in [-0.2, 0) is 0 Å². The lowest BCUT2D eigenvalue weighted by molar-refractivity contribution is 0.102. The maximum absolute atomic E-state index is 13.4. The van der Waals surface area contributed by atoms with Crippen LogP contribution in [0.5, 0.6) is 0 Å².